The monoisotopic (exact) mass is 337 g/mol. The van der Waals surface area contributed by atoms with Crippen LogP contribution in [-0.2, 0) is 11.2 Å². The van der Waals surface area contributed by atoms with Crippen LogP contribution in [0.2, 0.25) is 0 Å². The van der Waals surface area contributed by atoms with Crippen molar-refractivity contribution < 1.29 is 9.53 Å². The molecule has 6 nitrogen and oxygen atoms in total. The molecule has 3 aromatic rings. The molecule has 0 aliphatic carbocycles. The van der Waals surface area contributed by atoms with Crippen LogP contribution >= 0.6 is 0 Å². The number of fused-ring (bicyclic) bond motifs is 1. The second-order valence-corrected chi connectivity index (χ2v) is 5.51. The summed E-state index contributed by atoms with van der Waals surface area (Å²) >= 11 is 0. The molecule has 0 saturated heterocycles. The molecule has 0 saturated carbocycles. The van der Waals surface area contributed by atoms with Crippen LogP contribution in [0, 0.1) is 0 Å². The molecule has 0 unspecified atom stereocenters. The maximum Gasteiger partial charge on any atom is 0.280 e. The number of para-hydroxylation sites is 2. The summed E-state index contributed by atoms with van der Waals surface area (Å²) in [4.78, 5) is 28.7. The van der Waals surface area contributed by atoms with Crippen LogP contribution in [0.1, 0.15) is 18.9 Å². The van der Waals surface area contributed by atoms with Crippen LogP contribution in [0.15, 0.2) is 59.7 Å². The predicted molar refractivity (Wildman–Crippen MR) is 96.3 cm³/mol. The van der Waals surface area contributed by atoms with E-state index in [1.54, 1.807) is 18.2 Å². The summed E-state index contributed by atoms with van der Waals surface area (Å²) in [5.74, 6) is 0.521. The molecule has 1 aromatic heterocycles. The molecule has 0 aliphatic heterocycles. The molecule has 0 aliphatic rings. The van der Waals surface area contributed by atoms with E-state index in [2.05, 4.69) is 10.4 Å². The Bertz CT molecular complexity index is 950. The number of nitrogens with zero attached hydrogens (tertiary/aromatic N) is 2. The third kappa shape index (κ3) is 3.85. The number of aryl methyl sites for hydroxylation is 1. The molecule has 2 aromatic carbocycles. The van der Waals surface area contributed by atoms with Gasteiger partial charge in [0, 0.05) is 6.42 Å². The minimum Gasteiger partial charge on any atom is -0.494 e. The minimum atomic E-state index is -0.298. The van der Waals surface area contributed by atoms with E-state index in [4.69, 9.17) is 4.74 Å². The number of carbonyl (C=O) groups is 1. The van der Waals surface area contributed by atoms with E-state index in [9.17, 15) is 9.59 Å². The van der Waals surface area contributed by atoms with Gasteiger partial charge < -0.3 is 4.74 Å². The lowest BCUT2D eigenvalue weighted by Crippen LogP contribution is -2.33. The number of hydrogen-bond acceptors (Lipinski definition) is 4. The number of rotatable bonds is 6. The number of amides is 1. The fraction of sp³-hybridized carbons (Fsp3) is 0.211. The topological polar surface area (TPSA) is 73.2 Å². The van der Waals surface area contributed by atoms with Gasteiger partial charge in [0.25, 0.3) is 5.56 Å². The van der Waals surface area contributed by atoms with Crippen molar-refractivity contribution in [1.82, 2.24) is 9.66 Å². The van der Waals surface area contributed by atoms with E-state index in [-0.39, 0.29) is 17.9 Å². The van der Waals surface area contributed by atoms with Gasteiger partial charge in [0.2, 0.25) is 5.91 Å². The second-order valence-electron chi connectivity index (χ2n) is 5.51. The van der Waals surface area contributed by atoms with Crippen LogP contribution in [0.5, 0.6) is 5.75 Å². The summed E-state index contributed by atoms with van der Waals surface area (Å²) in [6.07, 6.45) is 2.10. The van der Waals surface area contributed by atoms with Gasteiger partial charge in [-0.1, -0.05) is 30.3 Å². The summed E-state index contributed by atoms with van der Waals surface area (Å²) in [5.41, 5.74) is 3.85. The number of aromatic nitrogens is 2. The Hall–Kier alpha value is -3.15. The van der Waals surface area contributed by atoms with Crippen molar-refractivity contribution in [2.45, 2.75) is 19.8 Å². The molecule has 128 valence electrons. The van der Waals surface area contributed by atoms with Gasteiger partial charge in [0.15, 0.2) is 0 Å². The van der Waals surface area contributed by atoms with Crippen molar-refractivity contribution in [2.75, 3.05) is 12.0 Å². The smallest absolute Gasteiger partial charge is 0.280 e. The van der Waals surface area contributed by atoms with Gasteiger partial charge in [-0.3, -0.25) is 15.0 Å². The Kier molecular flexibility index (Phi) is 5.09. The molecular formula is C19H19N3O3. The largest absolute Gasteiger partial charge is 0.494 e. The fourth-order valence-corrected chi connectivity index (χ4v) is 2.59. The maximum atomic E-state index is 12.4. The number of benzene rings is 2. The molecule has 3 rings (SSSR count). The van der Waals surface area contributed by atoms with Crippen molar-refractivity contribution in [2.24, 2.45) is 0 Å². The molecule has 25 heavy (non-hydrogen) atoms. The average molecular weight is 337 g/mol. The Labute approximate surface area is 145 Å². The van der Waals surface area contributed by atoms with Gasteiger partial charge in [0.1, 0.15) is 12.1 Å². The van der Waals surface area contributed by atoms with E-state index < -0.39 is 0 Å². The highest BCUT2D eigenvalue weighted by molar-refractivity contribution is 5.84. The summed E-state index contributed by atoms with van der Waals surface area (Å²) in [7, 11) is 0. The zero-order valence-electron chi connectivity index (χ0n) is 13.9. The third-order valence-electron chi connectivity index (χ3n) is 3.80. The molecule has 1 heterocycles. The van der Waals surface area contributed by atoms with E-state index in [0.717, 1.165) is 16.0 Å². The maximum absolute atomic E-state index is 12.4. The van der Waals surface area contributed by atoms with Crippen LogP contribution in [0.4, 0.5) is 0 Å². The number of carbonyl (C=O) groups excluding carboxylic acids is 1. The number of hydrogen-bond donors (Lipinski definition) is 1. The van der Waals surface area contributed by atoms with Gasteiger partial charge in [-0.05, 0) is 37.1 Å². The van der Waals surface area contributed by atoms with Crippen molar-refractivity contribution in [3.05, 3.63) is 70.8 Å². The molecule has 0 atom stereocenters. The van der Waals surface area contributed by atoms with Crippen LogP contribution in [0.25, 0.3) is 10.9 Å². The lowest BCUT2D eigenvalue weighted by molar-refractivity contribution is -0.117. The molecule has 1 N–H and O–H groups in total. The third-order valence-corrected chi connectivity index (χ3v) is 3.80. The van der Waals surface area contributed by atoms with Gasteiger partial charge in [0.05, 0.1) is 17.5 Å². The molecule has 0 bridgehead atoms. The summed E-state index contributed by atoms with van der Waals surface area (Å²) in [5, 5.41) is 0.465. The van der Waals surface area contributed by atoms with Crippen molar-refractivity contribution in [1.29, 1.82) is 0 Å². The predicted octanol–water partition coefficient (Wildman–Crippen LogP) is 2.50. The van der Waals surface area contributed by atoms with Gasteiger partial charge in [-0.15, -0.1) is 0 Å². The molecule has 0 spiro atoms. The SMILES string of the molecule is CCOc1ccccc1CCC(=O)Nn1cnc2ccccc2c1=O. The highest BCUT2D eigenvalue weighted by atomic mass is 16.5. The highest BCUT2D eigenvalue weighted by Gasteiger charge is 2.09. The number of nitrogens with one attached hydrogen (secondary N) is 1. The minimum absolute atomic E-state index is 0.239. The summed E-state index contributed by atoms with van der Waals surface area (Å²) in [6.45, 7) is 2.49. The Morgan fingerprint density at radius 1 is 1.16 bits per heavy atom. The molecule has 0 fully saturated rings. The average Bonchev–Trinajstić information content (AvgIpc) is 2.64. The lowest BCUT2D eigenvalue weighted by atomic mass is 10.1. The van der Waals surface area contributed by atoms with Crippen molar-refractivity contribution in [3.8, 4) is 5.75 Å². The normalized spacial score (nSPS) is 10.6. The number of ether oxygens (including phenoxy) is 1. The zero-order chi connectivity index (χ0) is 17.6. The Balaban J connectivity index is 1.69. The van der Waals surface area contributed by atoms with Crippen molar-refractivity contribution in [3.63, 3.8) is 0 Å². The quantitative estimate of drug-likeness (QED) is 0.750. The van der Waals surface area contributed by atoms with E-state index in [1.165, 1.54) is 6.33 Å². The lowest BCUT2D eigenvalue weighted by Gasteiger charge is -2.11. The molecule has 1 amide bonds. The first-order chi connectivity index (χ1) is 12.2. The van der Waals surface area contributed by atoms with E-state index in [1.807, 2.05) is 37.3 Å². The summed E-state index contributed by atoms with van der Waals surface area (Å²) < 4.78 is 6.68. The van der Waals surface area contributed by atoms with E-state index >= 15 is 0 Å². The van der Waals surface area contributed by atoms with Crippen LogP contribution in [-0.4, -0.2) is 22.2 Å². The van der Waals surface area contributed by atoms with Gasteiger partial charge >= 0.3 is 0 Å². The molecule has 0 radical (unpaired) electrons. The zero-order valence-corrected chi connectivity index (χ0v) is 13.9. The summed E-state index contributed by atoms with van der Waals surface area (Å²) in [6, 6.07) is 14.6. The highest BCUT2D eigenvalue weighted by Crippen LogP contribution is 2.19. The van der Waals surface area contributed by atoms with Gasteiger partial charge in [-0.25, -0.2) is 9.66 Å². The van der Waals surface area contributed by atoms with E-state index in [0.29, 0.717) is 23.9 Å². The van der Waals surface area contributed by atoms with Gasteiger partial charge in [-0.2, -0.15) is 0 Å². The second kappa shape index (κ2) is 7.61. The van der Waals surface area contributed by atoms with Crippen LogP contribution in [0.3, 0.4) is 0 Å². The molecular weight excluding hydrogens is 318 g/mol. The first kappa shape index (κ1) is 16.7. The Morgan fingerprint density at radius 2 is 1.92 bits per heavy atom. The fourth-order valence-electron chi connectivity index (χ4n) is 2.59. The first-order valence-corrected chi connectivity index (χ1v) is 8.16. The van der Waals surface area contributed by atoms with Crippen LogP contribution < -0.4 is 15.7 Å². The first-order valence-electron chi connectivity index (χ1n) is 8.16. The Morgan fingerprint density at radius 3 is 2.76 bits per heavy atom. The molecule has 6 heteroatoms. The van der Waals surface area contributed by atoms with Crippen molar-refractivity contribution >= 4 is 16.8 Å². The standard InChI is InChI=1S/C19H19N3O3/c1-2-25-17-10-6-3-7-14(17)11-12-18(23)21-22-13-20-16-9-5-4-8-15(16)19(22)24/h3-10,13H,2,11-12H2,1H3,(H,21,23).